The molecule has 0 spiro atoms. The number of alkyl carbamates (subject to hydrolysis) is 2. The largest absolute Gasteiger partial charge is 0.445 e. The molecule has 6 atom stereocenters. The lowest BCUT2D eigenvalue weighted by molar-refractivity contribution is -0.199. The molecule has 0 saturated carbocycles. The van der Waals surface area contributed by atoms with Gasteiger partial charge in [-0.05, 0) is 59.9 Å². The van der Waals surface area contributed by atoms with Crippen LogP contribution in [0.25, 0.3) is 11.2 Å². The second-order valence-electron chi connectivity index (χ2n) is 14.6. The van der Waals surface area contributed by atoms with Crippen LogP contribution in [0.2, 0.25) is 0 Å². The second-order valence-corrected chi connectivity index (χ2v) is 16.3. The molecule has 1 unspecified atom stereocenters. The monoisotopic (exact) mass is 790 g/mol. The fraction of sp³-hybridized carbons (Fsp3) is 0.600. The van der Waals surface area contributed by atoms with Crippen molar-refractivity contribution in [3.63, 3.8) is 0 Å². The lowest BCUT2D eigenvalue weighted by atomic mass is 10.1. The molecule has 2 fully saturated rings. The summed E-state index contributed by atoms with van der Waals surface area (Å²) in [4.78, 5) is 50.2. The number of amides is 3. The van der Waals surface area contributed by atoms with Crippen LogP contribution in [0.4, 0.5) is 15.4 Å². The highest BCUT2D eigenvalue weighted by Crippen LogP contribution is 2.48. The van der Waals surface area contributed by atoms with E-state index in [9.17, 15) is 18.9 Å². The lowest BCUT2D eigenvalue weighted by Gasteiger charge is -2.26. The molecule has 0 radical (unpaired) electrons. The Morgan fingerprint density at radius 2 is 1.73 bits per heavy atom. The highest BCUT2D eigenvalue weighted by Gasteiger charge is 2.56. The maximum absolute atomic E-state index is 14.2. The molecule has 302 valence electrons. The Bertz CT molecular complexity index is 1820. The van der Waals surface area contributed by atoms with Crippen LogP contribution in [0.5, 0.6) is 0 Å². The molecule has 55 heavy (non-hydrogen) atoms. The van der Waals surface area contributed by atoms with Gasteiger partial charge in [0.1, 0.15) is 48.4 Å². The van der Waals surface area contributed by atoms with Crippen molar-refractivity contribution in [1.29, 1.82) is 0 Å². The van der Waals surface area contributed by atoms with E-state index in [0.29, 0.717) is 37.0 Å². The fourth-order valence-electron chi connectivity index (χ4n) is 5.86. The Morgan fingerprint density at radius 3 is 2.47 bits per heavy atom. The van der Waals surface area contributed by atoms with E-state index < -0.39 is 67.8 Å². The summed E-state index contributed by atoms with van der Waals surface area (Å²) in [6, 6.07) is 8.22. The minimum absolute atomic E-state index is 0.0347. The number of ether oxygens (including phenoxy) is 5. The van der Waals surface area contributed by atoms with E-state index in [-0.39, 0.29) is 25.6 Å². The summed E-state index contributed by atoms with van der Waals surface area (Å²) in [6.45, 7) is 10.2. The molecule has 2 aromatic heterocycles. The number of rotatable bonds is 17. The fourth-order valence-corrected chi connectivity index (χ4v) is 7.24. The van der Waals surface area contributed by atoms with Gasteiger partial charge in [-0.3, -0.25) is 23.5 Å². The van der Waals surface area contributed by atoms with Crippen molar-refractivity contribution in [2.75, 3.05) is 25.5 Å². The van der Waals surface area contributed by atoms with Crippen LogP contribution in [-0.2, 0) is 48.7 Å². The summed E-state index contributed by atoms with van der Waals surface area (Å²) < 4.78 is 56.6. The molecule has 19 nitrogen and oxygen atoms in total. The molecule has 5 N–H and O–H groups in total. The van der Waals surface area contributed by atoms with Gasteiger partial charge in [0.15, 0.2) is 23.5 Å². The SMILES string of the molecule is C[C@H](NC(=O)OC(C)(C)C)C(=O)NP(=O)(OCCCCCCNC(=O)OCc1ccccc1)OC[C@H]1O[C@@H](n2cnc3c(N)ncnc32)[C@@H]2OC(C)(C)O[C@@H]21. The predicted octanol–water partition coefficient (Wildman–Crippen LogP) is 4.48. The van der Waals surface area contributed by atoms with Crippen molar-refractivity contribution >= 4 is 42.8 Å². The molecule has 2 aliphatic rings. The Morgan fingerprint density at radius 1 is 1.00 bits per heavy atom. The van der Waals surface area contributed by atoms with Crippen LogP contribution in [0.15, 0.2) is 43.0 Å². The normalized spacial score (nSPS) is 22.0. The first-order chi connectivity index (χ1) is 26.0. The van der Waals surface area contributed by atoms with Crippen molar-refractivity contribution in [3.05, 3.63) is 48.5 Å². The Labute approximate surface area is 319 Å². The quantitative estimate of drug-likeness (QED) is 0.109. The number of nitrogens with two attached hydrogens (primary N) is 1. The van der Waals surface area contributed by atoms with E-state index in [2.05, 4.69) is 30.7 Å². The van der Waals surface area contributed by atoms with Crippen molar-refractivity contribution < 1.29 is 51.7 Å². The van der Waals surface area contributed by atoms with Crippen molar-refractivity contribution in [2.45, 2.75) is 116 Å². The van der Waals surface area contributed by atoms with Gasteiger partial charge in [-0.1, -0.05) is 43.2 Å². The van der Waals surface area contributed by atoms with Gasteiger partial charge in [0.2, 0.25) is 0 Å². The van der Waals surface area contributed by atoms with Gasteiger partial charge in [0, 0.05) is 6.54 Å². The van der Waals surface area contributed by atoms with Gasteiger partial charge in [-0.25, -0.2) is 29.1 Å². The Balaban J connectivity index is 1.17. The zero-order valence-corrected chi connectivity index (χ0v) is 32.8. The summed E-state index contributed by atoms with van der Waals surface area (Å²) >= 11 is 0. The molecule has 0 bridgehead atoms. The first-order valence-electron chi connectivity index (χ1n) is 18.1. The van der Waals surface area contributed by atoms with E-state index in [1.807, 2.05) is 30.3 Å². The van der Waals surface area contributed by atoms with Gasteiger partial charge in [0.05, 0.1) is 19.5 Å². The number of hydrogen-bond acceptors (Lipinski definition) is 15. The summed E-state index contributed by atoms with van der Waals surface area (Å²) in [6.07, 6.45) is 1.06. The van der Waals surface area contributed by atoms with Crippen molar-refractivity contribution in [1.82, 2.24) is 35.2 Å². The van der Waals surface area contributed by atoms with Crippen molar-refractivity contribution in [3.8, 4) is 0 Å². The number of nitrogens with one attached hydrogen (secondary N) is 3. The number of hydrogen-bond donors (Lipinski definition) is 4. The standard InChI is InChI=1S/C35H51N8O11P/c1-22(41-33(46)54-34(2,3)4)30(44)42-55(47,49-17-13-8-7-12-16-37-32(45)48-18-23-14-10-9-11-15-23)50-19-24-26-27(53-35(5,6)52-26)31(51-24)43-21-40-25-28(36)38-20-39-29(25)43/h9-11,14-15,20-22,24,26-27,31H,7-8,12-13,16-19H2,1-6H3,(H,37,45)(H,41,46)(H2,36,38,39)(H,42,44,47)/t22-,24+,26+,27+,31+,55?/m0/s1. The van der Waals surface area contributed by atoms with Crippen LogP contribution < -0.4 is 21.5 Å². The number of carbonyl (C=O) groups excluding carboxylic acids is 3. The third-order valence-corrected chi connectivity index (χ3v) is 9.89. The summed E-state index contributed by atoms with van der Waals surface area (Å²) in [5.41, 5.74) is 6.89. The highest BCUT2D eigenvalue weighted by molar-refractivity contribution is 7.52. The first kappa shape index (κ1) is 41.8. The average molecular weight is 791 g/mol. The highest BCUT2D eigenvalue weighted by atomic mass is 31.2. The third kappa shape index (κ3) is 11.8. The number of anilines is 1. The third-order valence-electron chi connectivity index (χ3n) is 8.38. The van der Waals surface area contributed by atoms with Gasteiger partial charge in [-0.2, -0.15) is 0 Å². The molecule has 5 rings (SSSR count). The van der Waals surface area contributed by atoms with E-state index in [1.54, 1.807) is 39.2 Å². The van der Waals surface area contributed by atoms with Gasteiger partial charge >= 0.3 is 19.9 Å². The zero-order valence-electron chi connectivity index (χ0n) is 31.9. The van der Waals surface area contributed by atoms with E-state index >= 15 is 0 Å². The number of unbranched alkanes of at least 4 members (excludes halogenated alkanes) is 3. The number of aromatic nitrogens is 4. The molecule has 2 aliphatic heterocycles. The zero-order chi connectivity index (χ0) is 39.8. The lowest BCUT2D eigenvalue weighted by Crippen LogP contribution is -2.46. The predicted molar refractivity (Wildman–Crippen MR) is 197 cm³/mol. The van der Waals surface area contributed by atoms with Crippen molar-refractivity contribution in [2.24, 2.45) is 0 Å². The van der Waals surface area contributed by atoms with Crippen LogP contribution in [-0.4, -0.2) is 93.1 Å². The van der Waals surface area contributed by atoms with Crippen LogP contribution in [0, 0.1) is 0 Å². The number of nitrogens with zero attached hydrogens (tertiary/aromatic N) is 4. The Hall–Kier alpha value is -4.39. The minimum Gasteiger partial charge on any atom is -0.445 e. The molecule has 4 heterocycles. The molecule has 0 aliphatic carbocycles. The minimum atomic E-state index is -4.37. The molecule has 2 saturated heterocycles. The molecule has 20 heteroatoms. The van der Waals surface area contributed by atoms with E-state index in [1.165, 1.54) is 19.6 Å². The number of nitrogen functional groups attached to an aromatic ring is 1. The molecular weight excluding hydrogens is 739 g/mol. The maximum atomic E-state index is 14.2. The topological polar surface area (TPSA) is 239 Å². The summed E-state index contributed by atoms with van der Waals surface area (Å²) in [5.74, 6) is -1.62. The first-order valence-corrected chi connectivity index (χ1v) is 19.7. The summed E-state index contributed by atoms with van der Waals surface area (Å²) in [5, 5.41) is 7.49. The number of fused-ring (bicyclic) bond motifs is 2. The van der Waals surface area contributed by atoms with Gasteiger partial charge < -0.3 is 40.1 Å². The van der Waals surface area contributed by atoms with E-state index in [4.69, 9.17) is 38.5 Å². The smallest absolute Gasteiger partial charge is 0.435 e. The Kier molecular flexibility index (Phi) is 13.7. The molecule has 3 aromatic rings. The number of benzene rings is 1. The van der Waals surface area contributed by atoms with Gasteiger partial charge in [0.25, 0.3) is 5.91 Å². The molecule has 1 aromatic carbocycles. The van der Waals surface area contributed by atoms with Crippen LogP contribution in [0.1, 0.15) is 79.0 Å². The number of imidazole rings is 1. The van der Waals surface area contributed by atoms with E-state index in [0.717, 1.165) is 12.0 Å². The average Bonchev–Trinajstić information content (AvgIpc) is 3.78. The molecule has 3 amide bonds. The van der Waals surface area contributed by atoms with Crippen LogP contribution >= 0.6 is 7.75 Å². The maximum Gasteiger partial charge on any atom is 0.435 e. The van der Waals surface area contributed by atoms with Gasteiger partial charge in [-0.15, -0.1) is 0 Å². The van der Waals surface area contributed by atoms with Crippen LogP contribution in [0.3, 0.4) is 0 Å². The number of carbonyl (C=O) groups is 3. The summed E-state index contributed by atoms with van der Waals surface area (Å²) in [7, 11) is -4.37. The molecular formula is C35H51N8O11P. The second kappa shape index (κ2) is 18.0.